The van der Waals surface area contributed by atoms with Crippen LogP contribution in [0.3, 0.4) is 0 Å². The maximum atomic E-state index is 5.49. The summed E-state index contributed by atoms with van der Waals surface area (Å²) in [5, 5.41) is 4.14. The van der Waals surface area contributed by atoms with Gasteiger partial charge in [0.25, 0.3) is 0 Å². The number of rotatable bonds is 6. The molecule has 0 aromatic carbocycles. The van der Waals surface area contributed by atoms with E-state index in [2.05, 4.69) is 44.0 Å². The molecular weight excluding hydrogens is 302 g/mol. The van der Waals surface area contributed by atoms with Gasteiger partial charge in [0.15, 0.2) is 5.82 Å². The summed E-state index contributed by atoms with van der Waals surface area (Å²) in [4.78, 5) is 14.0. The predicted molar refractivity (Wildman–Crippen MR) is 90.6 cm³/mol. The molecule has 0 N–H and O–H groups in total. The maximum Gasteiger partial charge on any atom is 0.243 e. The summed E-state index contributed by atoms with van der Waals surface area (Å²) in [5.74, 6) is 2.24. The monoisotopic (exact) mass is 327 g/mol. The Morgan fingerprint density at radius 1 is 1.21 bits per heavy atom. The molecule has 128 valence electrons. The lowest BCUT2D eigenvalue weighted by Crippen LogP contribution is -2.47. The van der Waals surface area contributed by atoms with Crippen molar-refractivity contribution in [1.82, 2.24) is 24.9 Å². The summed E-state index contributed by atoms with van der Waals surface area (Å²) in [5.41, 5.74) is 1.17. The summed E-state index contributed by atoms with van der Waals surface area (Å²) in [6.07, 6.45) is 5.31. The summed E-state index contributed by atoms with van der Waals surface area (Å²) in [7, 11) is 0. The van der Waals surface area contributed by atoms with E-state index in [0.717, 1.165) is 50.9 Å². The molecule has 1 atom stereocenters. The van der Waals surface area contributed by atoms with Crippen LogP contribution in [-0.4, -0.2) is 57.6 Å². The Balaban J connectivity index is 1.26. The number of nitrogens with zero attached hydrogens (tertiary/aromatic N) is 5. The molecule has 4 rings (SSSR count). The first-order valence-electron chi connectivity index (χ1n) is 8.99. The molecule has 1 aliphatic carbocycles. The molecule has 0 amide bonds. The number of hydrogen-bond donors (Lipinski definition) is 0. The largest absolute Gasteiger partial charge is 0.338 e. The molecule has 3 heterocycles. The van der Waals surface area contributed by atoms with Gasteiger partial charge >= 0.3 is 0 Å². The van der Waals surface area contributed by atoms with Crippen LogP contribution in [0.1, 0.15) is 49.1 Å². The molecule has 1 saturated heterocycles. The van der Waals surface area contributed by atoms with Gasteiger partial charge in [-0.15, -0.1) is 0 Å². The van der Waals surface area contributed by atoms with Crippen LogP contribution in [0.25, 0.3) is 0 Å². The molecule has 0 radical (unpaired) electrons. The van der Waals surface area contributed by atoms with Gasteiger partial charge in [-0.2, -0.15) is 4.98 Å². The minimum Gasteiger partial charge on any atom is -0.338 e. The van der Waals surface area contributed by atoms with Crippen LogP contribution in [0.15, 0.2) is 28.9 Å². The number of piperazine rings is 1. The predicted octanol–water partition coefficient (Wildman–Crippen LogP) is 2.26. The van der Waals surface area contributed by atoms with E-state index in [1.54, 1.807) is 0 Å². The Hall–Kier alpha value is -1.79. The van der Waals surface area contributed by atoms with Gasteiger partial charge in [-0.1, -0.05) is 11.2 Å². The highest BCUT2D eigenvalue weighted by atomic mass is 16.5. The zero-order chi connectivity index (χ0) is 16.4. The Morgan fingerprint density at radius 3 is 2.75 bits per heavy atom. The molecule has 1 aliphatic heterocycles. The standard InChI is InChI=1S/C18H25N5O/c1-14(18-20-17(21-24-18)15-5-6-15)23-12-10-22(11-13-23)9-7-16-4-2-3-8-19-16/h2-4,8,14-15H,5-7,9-13H2,1H3. The Labute approximate surface area is 142 Å². The Morgan fingerprint density at radius 2 is 2.04 bits per heavy atom. The van der Waals surface area contributed by atoms with E-state index in [1.807, 2.05) is 12.3 Å². The van der Waals surface area contributed by atoms with Crippen LogP contribution in [-0.2, 0) is 6.42 Å². The van der Waals surface area contributed by atoms with E-state index in [4.69, 9.17) is 4.52 Å². The van der Waals surface area contributed by atoms with Gasteiger partial charge < -0.3 is 9.42 Å². The second-order valence-electron chi connectivity index (χ2n) is 6.89. The normalized spacial score (nSPS) is 21.0. The molecule has 0 spiro atoms. The van der Waals surface area contributed by atoms with E-state index in [0.29, 0.717) is 5.92 Å². The van der Waals surface area contributed by atoms with Gasteiger partial charge in [-0.25, -0.2) is 0 Å². The van der Waals surface area contributed by atoms with Crippen molar-refractivity contribution in [2.45, 2.75) is 38.1 Å². The third kappa shape index (κ3) is 3.65. The van der Waals surface area contributed by atoms with Crippen LogP contribution < -0.4 is 0 Å². The topological polar surface area (TPSA) is 58.3 Å². The van der Waals surface area contributed by atoms with Gasteiger partial charge in [0.2, 0.25) is 5.89 Å². The van der Waals surface area contributed by atoms with Crippen molar-refractivity contribution >= 4 is 0 Å². The van der Waals surface area contributed by atoms with Crippen molar-refractivity contribution in [3.05, 3.63) is 41.8 Å². The highest BCUT2D eigenvalue weighted by molar-refractivity contribution is 5.05. The summed E-state index contributed by atoms with van der Waals surface area (Å²) in [6.45, 7) is 7.51. The van der Waals surface area contributed by atoms with Crippen LogP contribution in [0, 0.1) is 0 Å². The molecule has 2 aromatic rings. The SMILES string of the molecule is CC(c1nc(C2CC2)no1)N1CCN(CCc2ccccn2)CC1. The van der Waals surface area contributed by atoms with E-state index in [9.17, 15) is 0 Å². The molecule has 0 bridgehead atoms. The number of hydrogen-bond acceptors (Lipinski definition) is 6. The van der Waals surface area contributed by atoms with E-state index < -0.39 is 0 Å². The van der Waals surface area contributed by atoms with Gasteiger partial charge in [0.1, 0.15) is 0 Å². The molecule has 2 fully saturated rings. The minimum absolute atomic E-state index is 0.211. The van der Waals surface area contributed by atoms with Gasteiger partial charge in [0.05, 0.1) is 6.04 Å². The first-order chi connectivity index (χ1) is 11.8. The highest BCUT2D eigenvalue weighted by Crippen LogP contribution is 2.38. The van der Waals surface area contributed by atoms with Gasteiger partial charge in [-0.3, -0.25) is 9.88 Å². The van der Waals surface area contributed by atoms with E-state index >= 15 is 0 Å². The quantitative estimate of drug-likeness (QED) is 0.811. The zero-order valence-corrected chi connectivity index (χ0v) is 14.3. The Kier molecular flexibility index (Phi) is 4.58. The molecule has 1 unspecified atom stereocenters. The molecule has 6 nitrogen and oxygen atoms in total. The van der Waals surface area contributed by atoms with Crippen molar-refractivity contribution in [3.8, 4) is 0 Å². The smallest absolute Gasteiger partial charge is 0.243 e. The molecule has 2 aliphatic rings. The molecule has 6 heteroatoms. The number of pyridine rings is 1. The summed E-state index contributed by atoms with van der Waals surface area (Å²) >= 11 is 0. The van der Waals surface area contributed by atoms with Crippen molar-refractivity contribution in [3.63, 3.8) is 0 Å². The maximum absolute atomic E-state index is 5.49. The Bertz CT molecular complexity index is 646. The summed E-state index contributed by atoms with van der Waals surface area (Å²) in [6, 6.07) is 6.34. The molecular formula is C18H25N5O. The second-order valence-corrected chi connectivity index (χ2v) is 6.89. The molecule has 1 saturated carbocycles. The van der Waals surface area contributed by atoms with Crippen LogP contribution >= 0.6 is 0 Å². The van der Waals surface area contributed by atoms with Crippen molar-refractivity contribution in [2.24, 2.45) is 0 Å². The fraction of sp³-hybridized carbons (Fsp3) is 0.611. The highest BCUT2D eigenvalue weighted by Gasteiger charge is 2.31. The fourth-order valence-electron chi connectivity index (χ4n) is 3.27. The number of aromatic nitrogens is 3. The average molecular weight is 327 g/mol. The van der Waals surface area contributed by atoms with Gasteiger partial charge in [0, 0.05) is 57.0 Å². The third-order valence-electron chi connectivity index (χ3n) is 5.12. The molecule has 24 heavy (non-hydrogen) atoms. The van der Waals surface area contributed by atoms with Crippen LogP contribution in [0.5, 0.6) is 0 Å². The first kappa shape index (κ1) is 15.7. The van der Waals surface area contributed by atoms with E-state index in [1.165, 1.54) is 18.5 Å². The summed E-state index contributed by atoms with van der Waals surface area (Å²) < 4.78 is 5.49. The molecule has 2 aromatic heterocycles. The average Bonchev–Trinajstić information content (AvgIpc) is 3.38. The van der Waals surface area contributed by atoms with Crippen molar-refractivity contribution < 1.29 is 4.52 Å². The minimum atomic E-state index is 0.211. The van der Waals surface area contributed by atoms with E-state index in [-0.39, 0.29) is 6.04 Å². The zero-order valence-electron chi connectivity index (χ0n) is 14.3. The first-order valence-corrected chi connectivity index (χ1v) is 8.99. The van der Waals surface area contributed by atoms with Crippen LogP contribution in [0.2, 0.25) is 0 Å². The van der Waals surface area contributed by atoms with Crippen molar-refractivity contribution in [2.75, 3.05) is 32.7 Å². The van der Waals surface area contributed by atoms with Crippen molar-refractivity contribution in [1.29, 1.82) is 0 Å². The fourth-order valence-corrected chi connectivity index (χ4v) is 3.27. The lowest BCUT2D eigenvalue weighted by atomic mass is 10.2. The second kappa shape index (κ2) is 6.99. The van der Waals surface area contributed by atoms with Gasteiger partial charge in [-0.05, 0) is 31.9 Å². The third-order valence-corrected chi connectivity index (χ3v) is 5.12. The lowest BCUT2D eigenvalue weighted by Gasteiger charge is -2.36. The lowest BCUT2D eigenvalue weighted by molar-refractivity contribution is 0.0889. The van der Waals surface area contributed by atoms with Crippen LogP contribution in [0.4, 0.5) is 0 Å².